The summed E-state index contributed by atoms with van der Waals surface area (Å²) in [6.07, 6.45) is 0.642. The third-order valence-corrected chi connectivity index (χ3v) is 3.38. The van der Waals surface area contributed by atoms with Crippen LogP contribution in [0.5, 0.6) is 0 Å². The highest BCUT2D eigenvalue weighted by Crippen LogP contribution is 2.19. The third kappa shape index (κ3) is 3.57. The molecule has 116 valence electrons. The van der Waals surface area contributed by atoms with Gasteiger partial charge in [-0.25, -0.2) is 4.79 Å². The number of nitrogens with one attached hydrogen (secondary N) is 1. The number of ether oxygens (including phenoxy) is 1. The number of hydrogen-bond donors (Lipinski definition) is 2. The van der Waals surface area contributed by atoms with E-state index in [1.165, 1.54) is 0 Å². The summed E-state index contributed by atoms with van der Waals surface area (Å²) in [4.78, 5) is 27.3. The molecule has 0 saturated carbocycles. The Balaban J connectivity index is 1.88. The predicted molar refractivity (Wildman–Crippen MR) is 70.7 cm³/mol. The lowest BCUT2D eigenvalue weighted by atomic mass is 9.98. The molecule has 1 unspecified atom stereocenters. The number of hydrogen-bond acceptors (Lipinski definition) is 6. The number of amides is 1. The summed E-state index contributed by atoms with van der Waals surface area (Å²) in [5.41, 5.74) is -1.31. The second-order valence-corrected chi connectivity index (χ2v) is 5.44. The first kappa shape index (κ1) is 15.4. The van der Waals surface area contributed by atoms with Crippen LogP contribution >= 0.6 is 0 Å². The van der Waals surface area contributed by atoms with Crippen LogP contribution in [0.3, 0.4) is 0 Å². The molecule has 1 aromatic heterocycles. The van der Waals surface area contributed by atoms with Crippen molar-refractivity contribution >= 4 is 11.9 Å². The van der Waals surface area contributed by atoms with Crippen molar-refractivity contribution in [3.05, 3.63) is 11.7 Å². The molecule has 2 N–H and O–H groups in total. The first-order chi connectivity index (χ1) is 9.93. The summed E-state index contributed by atoms with van der Waals surface area (Å²) >= 11 is 0. The van der Waals surface area contributed by atoms with Crippen LogP contribution in [0.15, 0.2) is 4.52 Å². The Morgan fingerprint density at radius 3 is 2.76 bits per heavy atom. The van der Waals surface area contributed by atoms with E-state index in [1.807, 2.05) is 13.8 Å². The number of carbonyl (C=O) groups excluding carboxylic acids is 1. The molecule has 0 spiro atoms. The summed E-state index contributed by atoms with van der Waals surface area (Å²) in [5, 5.41) is 15.6. The Hall–Kier alpha value is -1.96. The van der Waals surface area contributed by atoms with E-state index in [-0.39, 0.29) is 37.7 Å². The van der Waals surface area contributed by atoms with Gasteiger partial charge in [0.1, 0.15) is 0 Å². The molecule has 1 atom stereocenters. The number of carboxylic acids is 1. The number of rotatable bonds is 6. The van der Waals surface area contributed by atoms with Gasteiger partial charge in [-0.05, 0) is 0 Å². The molecule has 8 nitrogen and oxygen atoms in total. The highest BCUT2D eigenvalue weighted by atomic mass is 16.5. The van der Waals surface area contributed by atoms with Crippen LogP contribution in [-0.2, 0) is 20.7 Å². The van der Waals surface area contributed by atoms with Crippen LogP contribution in [0.2, 0.25) is 0 Å². The SMILES string of the molecule is CC(C)c1noc(CCC(=O)NC2(C(=O)O)CCOC2)n1. The van der Waals surface area contributed by atoms with Gasteiger partial charge in [0, 0.05) is 31.8 Å². The second kappa shape index (κ2) is 6.21. The van der Waals surface area contributed by atoms with Crippen LogP contribution in [0.4, 0.5) is 0 Å². The van der Waals surface area contributed by atoms with Gasteiger partial charge < -0.3 is 19.7 Å². The minimum atomic E-state index is -1.31. The summed E-state index contributed by atoms with van der Waals surface area (Å²) in [5.74, 6) is -0.319. The van der Waals surface area contributed by atoms with Crippen molar-refractivity contribution in [1.82, 2.24) is 15.5 Å². The minimum Gasteiger partial charge on any atom is -0.479 e. The number of aryl methyl sites for hydroxylation is 1. The molecule has 2 heterocycles. The quantitative estimate of drug-likeness (QED) is 0.785. The lowest BCUT2D eigenvalue weighted by Gasteiger charge is -2.23. The average molecular weight is 297 g/mol. The van der Waals surface area contributed by atoms with Gasteiger partial charge in [0.2, 0.25) is 11.8 Å². The Labute approximate surface area is 121 Å². The van der Waals surface area contributed by atoms with Crippen LogP contribution in [0.25, 0.3) is 0 Å². The maximum atomic E-state index is 11.9. The van der Waals surface area contributed by atoms with E-state index in [9.17, 15) is 14.7 Å². The summed E-state index contributed by atoms with van der Waals surface area (Å²) in [6, 6.07) is 0. The number of carboxylic acid groups (broad SMARTS) is 1. The zero-order valence-corrected chi connectivity index (χ0v) is 12.1. The molecule has 1 aliphatic rings. The normalized spacial score (nSPS) is 21.7. The fourth-order valence-corrected chi connectivity index (χ4v) is 2.04. The number of nitrogens with zero attached hydrogens (tertiary/aromatic N) is 2. The van der Waals surface area contributed by atoms with Gasteiger partial charge in [-0.1, -0.05) is 19.0 Å². The smallest absolute Gasteiger partial charge is 0.331 e. The second-order valence-electron chi connectivity index (χ2n) is 5.44. The van der Waals surface area contributed by atoms with Gasteiger partial charge >= 0.3 is 5.97 Å². The van der Waals surface area contributed by atoms with E-state index in [4.69, 9.17) is 9.26 Å². The van der Waals surface area contributed by atoms with Crippen molar-refractivity contribution in [2.24, 2.45) is 0 Å². The van der Waals surface area contributed by atoms with Crippen LogP contribution in [0, 0.1) is 0 Å². The molecule has 2 rings (SSSR count). The number of aliphatic carboxylic acids is 1. The summed E-state index contributed by atoms with van der Waals surface area (Å²) < 4.78 is 10.1. The lowest BCUT2D eigenvalue weighted by Crippen LogP contribution is -2.55. The van der Waals surface area contributed by atoms with Crippen molar-refractivity contribution in [2.75, 3.05) is 13.2 Å². The van der Waals surface area contributed by atoms with Gasteiger partial charge in [-0.15, -0.1) is 0 Å². The molecule has 0 aliphatic carbocycles. The molecule has 8 heteroatoms. The minimum absolute atomic E-state index is 0.00781. The molecule has 0 aromatic carbocycles. The van der Waals surface area contributed by atoms with E-state index in [0.717, 1.165) is 0 Å². The fraction of sp³-hybridized carbons (Fsp3) is 0.692. The Kier molecular flexibility index (Phi) is 4.56. The molecule has 0 bridgehead atoms. The van der Waals surface area contributed by atoms with Crippen LogP contribution in [-0.4, -0.2) is 45.9 Å². The predicted octanol–water partition coefficient (Wildman–Crippen LogP) is 0.485. The van der Waals surface area contributed by atoms with Crippen molar-refractivity contribution in [3.8, 4) is 0 Å². The Morgan fingerprint density at radius 2 is 2.24 bits per heavy atom. The van der Waals surface area contributed by atoms with Crippen molar-refractivity contribution in [3.63, 3.8) is 0 Å². The molecular formula is C13H19N3O5. The Bertz CT molecular complexity index is 520. The largest absolute Gasteiger partial charge is 0.479 e. The highest BCUT2D eigenvalue weighted by molar-refractivity contribution is 5.87. The molecule has 1 saturated heterocycles. The van der Waals surface area contributed by atoms with Crippen molar-refractivity contribution in [2.45, 2.75) is 44.6 Å². The topological polar surface area (TPSA) is 115 Å². The zero-order valence-electron chi connectivity index (χ0n) is 12.1. The molecule has 21 heavy (non-hydrogen) atoms. The number of carbonyl (C=O) groups is 2. The summed E-state index contributed by atoms with van der Waals surface area (Å²) in [7, 11) is 0. The van der Waals surface area contributed by atoms with Crippen LogP contribution < -0.4 is 5.32 Å². The summed E-state index contributed by atoms with van der Waals surface area (Å²) in [6.45, 7) is 4.20. The van der Waals surface area contributed by atoms with E-state index in [1.54, 1.807) is 0 Å². The van der Waals surface area contributed by atoms with Gasteiger partial charge in [-0.2, -0.15) is 4.98 Å². The van der Waals surface area contributed by atoms with Gasteiger partial charge in [0.05, 0.1) is 6.61 Å². The lowest BCUT2D eigenvalue weighted by molar-refractivity contribution is -0.147. The van der Waals surface area contributed by atoms with Gasteiger partial charge in [0.15, 0.2) is 11.4 Å². The van der Waals surface area contributed by atoms with E-state index in [2.05, 4.69) is 15.5 Å². The molecule has 1 amide bonds. The average Bonchev–Trinajstić information content (AvgIpc) is 3.05. The standard InChI is InChI=1S/C13H19N3O5/c1-8(2)11-14-10(21-16-11)4-3-9(17)15-13(12(18)19)5-6-20-7-13/h8H,3-7H2,1-2H3,(H,15,17)(H,18,19). The monoisotopic (exact) mass is 297 g/mol. The maximum Gasteiger partial charge on any atom is 0.331 e. The third-order valence-electron chi connectivity index (χ3n) is 3.38. The Morgan fingerprint density at radius 1 is 1.48 bits per heavy atom. The van der Waals surface area contributed by atoms with Crippen LogP contribution in [0.1, 0.15) is 44.3 Å². The fourth-order valence-electron chi connectivity index (χ4n) is 2.04. The van der Waals surface area contributed by atoms with E-state index >= 15 is 0 Å². The highest BCUT2D eigenvalue weighted by Gasteiger charge is 2.43. The first-order valence-electron chi connectivity index (χ1n) is 6.87. The molecule has 1 aliphatic heterocycles. The molecule has 1 fully saturated rings. The van der Waals surface area contributed by atoms with Crippen molar-refractivity contribution in [1.29, 1.82) is 0 Å². The maximum absolute atomic E-state index is 11.9. The first-order valence-corrected chi connectivity index (χ1v) is 6.87. The van der Waals surface area contributed by atoms with E-state index in [0.29, 0.717) is 18.3 Å². The molecule has 1 aromatic rings. The molecular weight excluding hydrogens is 278 g/mol. The zero-order chi connectivity index (χ0) is 15.5. The number of aromatic nitrogens is 2. The van der Waals surface area contributed by atoms with Gasteiger partial charge in [-0.3, -0.25) is 4.79 Å². The van der Waals surface area contributed by atoms with Crippen molar-refractivity contribution < 1.29 is 24.0 Å². The van der Waals surface area contributed by atoms with Gasteiger partial charge in [0.25, 0.3) is 0 Å². The van der Waals surface area contributed by atoms with E-state index < -0.39 is 11.5 Å². The molecule has 0 radical (unpaired) electrons.